The predicted octanol–water partition coefficient (Wildman–Crippen LogP) is 11.6. The number of hydrogen-bond acceptors (Lipinski definition) is 12. The van der Waals surface area contributed by atoms with E-state index in [1.54, 1.807) is 17.0 Å². The van der Waals surface area contributed by atoms with E-state index in [0.29, 0.717) is 30.2 Å². The van der Waals surface area contributed by atoms with E-state index in [2.05, 4.69) is 56.7 Å². The normalized spacial score (nSPS) is 10.8. The summed E-state index contributed by atoms with van der Waals surface area (Å²) in [5.74, 6) is 0.136. The fourth-order valence-electron chi connectivity index (χ4n) is 5.08. The zero-order valence-electron chi connectivity index (χ0n) is 35.4. The van der Waals surface area contributed by atoms with Gasteiger partial charge in [0, 0.05) is 37.0 Å². The third kappa shape index (κ3) is 14.0. The Balaban J connectivity index is 0.000000358. The molecule has 13 nitrogen and oxygen atoms in total. The number of carbonyl (C=O) groups excluding carboxylic acids is 1. The molecule has 0 spiro atoms. The van der Waals surface area contributed by atoms with Crippen molar-refractivity contribution >= 4 is 17.3 Å². The molecule has 4 aromatic heterocycles. The average molecular weight is 811 g/mol. The number of aromatic nitrogens is 6. The third-order valence-electron chi connectivity index (χ3n) is 7.80. The van der Waals surface area contributed by atoms with Gasteiger partial charge in [-0.1, -0.05) is 103 Å². The molecule has 1 atom stereocenters. The van der Waals surface area contributed by atoms with E-state index in [-0.39, 0.29) is 35.8 Å². The highest BCUT2D eigenvalue weighted by atomic mass is 19.3. The standard InChI is InChI=1S/C20H23FN4O3.C16H16F2N4O2.3C2H6/c1-4-7-14-8-6-9-15(10-14)25(18(26)5-2)12-16-11-17(24-28-16)20-23-22-19(27-20)13(3)21;1-3-10-5-4-6-11(7-10)22(2)9-12-8-13(21-24-12)15-19-20-16(23-15)14(17)18;3*1-2/h6,8-11,13H,4-5,7,12H2,1-3H3;4-8,14H,3,9H2,1-2H3;3*1-2H3. The van der Waals surface area contributed by atoms with Gasteiger partial charge in [-0.2, -0.15) is 8.78 Å². The van der Waals surface area contributed by atoms with Crippen molar-refractivity contribution in [1.29, 1.82) is 0 Å². The maximum atomic E-state index is 13.3. The second kappa shape index (κ2) is 25.5. The van der Waals surface area contributed by atoms with Crippen LogP contribution in [0.15, 0.2) is 78.5 Å². The van der Waals surface area contributed by atoms with Crippen LogP contribution in [0.1, 0.15) is 129 Å². The van der Waals surface area contributed by atoms with Gasteiger partial charge in [0.15, 0.2) is 29.1 Å². The van der Waals surface area contributed by atoms with Crippen LogP contribution >= 0.6 is 0 Å². The Morgan fingerprint density at radius 3 is 1.71 bits per heavy atom. The molecule has 1 amide bonds. The molecule has 58 heavy (non-hydrogen) atoms. The number of carbonyl (C=O) groups is 1. The van der Waals surface area contributed by atoms with E-state index >= 15 is 0 Å². The first kappa shape index (κ1) is 48.3. The van der Waals surface area contributed by atoms with Crippen LogP contribution in [-0.4, -0.2) is 43.7 Å². The Labute approximate surface area is 339 Å². The highest BCUT2D eigenvalue weighted by molar-refractivity contribution is 5.93. The van der Waals surface area contributed by atoms with Crippen molar-refractivity contribution < 1.29 is 35.8 Å². The zero-order valence-corrected chi connectivity index (χ0v) is 35.4. The molecule has 0 fully saturated rings. The van der Waals surface area contributed by atoms with E-state index in [4.69, 9.17) is 17.9 Å². The number of benzene rings is 2. The fourth-order valence-corrected chi connectivity index (χ4v) is 5.08. The third-order valence-corrected chi connectivity index (χ3v) is 7.80. The SMILES string of the molecule is CC.CC.CC.CCCc1cccc(N(Cc2cc(-c3nnc(C(C)F)o3)no2)C(=O)CC)c1.CCc1cccc(N(C)Cc2cc(-c3nnc(C(F)F)o3)no2)c1. The van der Waals surface area contributed by atoms with Gasteiger partial charge in [-0.15, -0.1) is 20.4 Å². The van der Waals surface area contributed by atoms with Crippen molar-refractivity contribution in [1.82, 2.24) is 30.7 Å². The van der Waals surface area contributed by atoms with Gasteiger partial charge in [-0.25, -0.2) is 4.39 Å². The minimum atomic E-state index is -2.81. The summed E-state index contributed by atoms with van der Waals surface area (Å²) < 4.78 is 58.9. The van der Waals surface area contributed by atoms with Crippen LogP contribution in [0.5, 0.6) is 0 Å². The average Bonchev–Trinajstić information content (AvgIpc) is 4.10. The van der Waals surface area contributed by atoms with Gasteiger partial charge in [0.25, 0.3) is 23.6 Å². The van der Waals surface area contributed by atoms with E-state index < -0.39 is 18.5 Å². The smallest absolute Gasteiger partial charge is 0.314 e. The fraction of sp³-hybridized carbons (Fsp3) is 0.452. The summed E-state index contributed by atoms with van der Waals surface area (Å²) in [6.45, 7) is 20.0. The monoisotopic (exact) mass is 810 g/mol. The molecule has 0 aliphatic carbocycles. The van der Waals surface area contributed by atoms with Gasteiger partial charge in [0.05, 0.1) is 13.1 Å². The van der Waals surface area contributed by atoms with E-state index in [0.717, 1.165) is 30.6 Å². The Morgan fingerprint density at radius 1 is 0.690 bits per heavy atom. The molecule has 0 saturated heterocycles. The van der Waals surface area contributed by atoms with Crippen LogP contribution in [0.4, 0.5) is 24.5 Å². The molecule has 0 bridgehead atoms. The maximum absolute atomic E-state index is 13.3. The molecule has 4 heterocycles. The van der Waals surface area contributed by atoms with Gasteiger partial charge >= 0.3 is 6.43 Å². The molecule has 0 saturated carbocycles. The topological polar surface area (TPSA) is 153 Å². The molecule has 1 unspecified atom stereocenters. The molecule has 0 radical (unpaired) electrons. The molecule has 16 heteroatoms. The maximum Gasteiger partial charge on any atom is 0.314 e. The zero-order chi connectivity index (χ0) is 43.2. The van der Waals surface area contributed by atoms with Gasteiger partial charge < -0.3 is 27.7 Å². The van der Waals surface area contributed by atoms with Crippen molar-refractivity contribution in [2.75, 3.05) is 16.8 Å². The number of anilines is 2. The number of halogens is 3. The van der Waals surface area contributed by atoms with Crippen LogP contribution in [0.2, 0.25) is 0 Å². The first-order chi connectivity index (χ1) is 28.1. The molecule has 2 aromatic carbocycles. The quantitative estimate of drug-likeness (QED) is 0.103. The lowest BCUT2D eigenvalue weighted by atomic mass is 10.1. The molecule has 0 aliphatic rings. The summed E-state index contributed by atoms with van der Waals surface area (Å²) in [6, 6.07) is 19.3. The Kier molecular flexibility index (Phi) is 21.2. The number of amides is 1. The Hall–Kier alpha value is -5.80. The lowest BCUT2D eigenvalue weighted by Gasteiger charge is -2.21. The summed E-state index contributed by atoms with van der Waals surface area (Å²) >= 11 is 0. The first-order valence-electron chi connectivity index (χ1n) is 19.8. The van der Waals surface area contributed by atoms with Crippen LogP contribution in [0.3, 0.4) is 0 Å². The summed E-state index contributed by atoms with van der Waals surface area (Å²) in [5, 5.41) is 21.9. The van der Waals surface area contributed by atoms with E-state index in [1.807, 2.05) is 96.8 Å². The summed E-state index contributed by atoms with van der Waals surface area (Å²) in [5.41, 5.74) is 4.80. The highest BCUT2D eigenvalue weighted by Gasteiger charge is 2.22. The molecule has 316 valence electrons. The van der Waals surface area contributed by atoms with Crippen molar-refractivity contribution in [3.8, 4) is 23.2 Å². The molecular weight excluding hydrogens is 754 g/mol. The molecule has 6 aromatic rings. The van der Waals surface area contributed by atoms with Crippen LogP contribution in [0.25, 0.3) is 23.2 Å². The minimum Gasteiger partial charge on any atom is -0.416 e. The Bertz CT molecular complexity index is 2040. The Morgan fingerprint density at radius 2 is 1.21 bits per heavy atom. The van der Waals surface area contributed by atoms with Gasteiger partial charge in [0.1, 0.15) is 0 Å². The number of hydrogen-bond donors (Lipinski definition) is 0. The van der Waals surface area contributed by atoms with Crippen molar-refractivity contribution in [2.45, 2.75) is 121 Å². The molecule has 0 N–H and O–H groups in total. The second-order valence-electron chi connectivity index (χ2n) is 11.8. The van der Waals surface area contributed by atoms with Gasteiger partial charge in [0.2, 0.25) is 5.91 Å². The molecule has 0 aliphatic heterocycles. The van der Waals surface area contributed by atoms with Crippen LogP contribution in [-0.2, 0) is 30.7 Å². The summed E-state index contributed by atoms with van der Waals surface area (Å²) in [6.07, 6.45) is -0.880. The molecular formula is C42H57F3N8O5. The molecule has 6 rings (SSSR count). The van der Waals surface area contributed by atoms with Crippen molar-refractivity contribution in [3.05, 3.63) is 95.1 Å². The van der Waals surface area contributed by atoms with Crippen molar-refractivity contribution in [3.63, 3.8) is 0 Å². The lowest BCUT2D eigenvalue weighted by molar-refractivity contribution is -0.118. The number of aryl methyl sites for hydroxylation is 2. The minimum absolute atomic E-state index is 0.0297. The second-order valence-corrected chi connectivity index (χ2v) is 11.8. The highest BCUT2D eigenvalue weighted by Crippen LogP contribution is 2.26. The van der Waals surface area contributed by atoms with Crippen molar-refractivity contribution in [2.24, 2.45) is 0 Å². The van der Waals surface area contributed by atoms with Crippen LogP contribution < -0.4 is 9.80 Å². The van der Waals surface area contributed by atoms with Gasteiger partial charge in [-0.05, 0) is 55.2 Å². The lowest BCUT2D eigenvalue weighted by Crippen LogP contribution is -2.29. The first-order valence-corrected chi connectivity index (χ1v) is 19.8. The predicted molar refractivity (Wildman–Crippen MR) is 218 cm³/mol. The number of alkyl halides is 3. The number of rotatable bonds is 14. The largest absolute Gasteiger partial charge is 0.416 e. The summed E-state index contributed by atoms with van der Waals surface area (Å²) in [4.78, 5) is 16.2. The van der Waals surface area contributed by atoms with Crippen LogP contribution in [0, 0.1) is 0 Å². The van der Waals surface area contributed by atoms with E-state index in [9.17, 15) is 18.0 Å². The van der Waals surface area contributed by atoms with E-state index in [1.165, 1.54) is 18.1 Å². The summed E-state index contributed by atoms with van der Waals surface area (Å²) in [7, 11) is 1.93. The van der Waals surface area contributed by atoms with Gasteiger partial charge in [-0.3, -0.25) is 4.79 Å². The number of nitrogens with zero attached hydrogens (tertiary/aromatic N) is 8.